The fourth-order valence-electron chi connectivity index (χ4n) is 1.81. The van der Waals surface area contributed by atoms with Crippen molar-refractivity contribution in [2.75, 3.05) is 0 Å². The highest BCUT2D eigenvalue weighted by molar-refractivity contribution is 9.10. The van der Waals surface area contributed by atoms with Crippen LogP contribution in [0.1, 0.15) is 11.4 Å². The van der Waals surface area contributed by atoms with Gasteiger partial charge in [0.05, 0.1) is 6.20 Å². The van der Waals surface area contributed by atoms with E-state index < -0.39 is 0 Å². The second kappa shape index (κ2) is 4.42. The van der Waals surface area contributed by atoms with Crippen LogP contribution in [-0.4, -0.2) is 19.7 Å². The molecule has 1 aromatic carbocycles. The summed E-state index contributed by atoms with van der Waals surface area (Å²) in [6.45, 7) is 0. The molecular weight excluding hydrogens is 294 g/mol. The molecule has 3 rings (SSSR count). The van der Waals surface area contributed by atoms with Crippen LogP contribution in [0, 0.1) is 0 Å². The topological polar surface area (TPSA) is 50.4 Å². The van der Waals surface area contributed by atoms with Crippen molar-refractivity contribution in [1.82, 2.24) is 14.6 Å². The van der Waals surface area contributed by atoms with Crippen molar-refractivity contribution < 1.29 is 5.11 Å². The Labute approximate surface area is 112 Å². The van der Waals surface area contributed by atoms with Gasteiger partial charge >= 0.3 is 0 Å². The molecule has 5 heteroatoms. The van der Waals surface area contributed by atoms with Crippen LogP contribution >= 0.6 is 15.9 Å². The van der Waals surface area contributed by atoms with Crippen LogP contribution in [0.15, 0.2) is 47.1 Å². The Morgan fingerprint density at radius 1 is 1.17 bits per heavy atom. The molecule has 0 saturated heterocycles. The third-order valence-electron chi connectivity index (χ3n) is 2.67. The molecule has 0 aliphatic heterocycles. The highest BCUT2D eigenvalue weighted by Crippen LogP contribution is 2.19. The molecule has 3 aromatic rings. The monoisotopic (exact) mass is 303 g/mol. The molecule has 0 fully saturated rings. The second-order valence-corrected chi connectivity index (χ2v) is 4.84. The number of aromatic hydroxyl groups is 1. The zero-order chi connectivity index (χ0) is 12.5. The summed E-state index contributed by atoms with van der Waals surface area (Å²) in [7, 11) is 0. The molecule has 2 aromatic heterocycles. The maximum atomic E-state index is 9.38. The van der Waals surface area contributed by atoms with Gasteiger partial charge in [0.2, 0.25) is 0 Å². The number of benzene rings is 1. The summed E-state index contributed by atoms with van der Waals surface area (Å²) in [5.74, 6) is 0.910. The molecule has 0 atom stereocenters. The summed E-state index contributed by atoms with van der Waals surface area (Å²) in [6, 6.07) is 11.3. The quantitative estimate of drug-likeness (QED) is 0.792. The van der Waals surface area contributed by atoms with Crippen molar-refractivity contribution >= 4 is 21.6 Å². The second-order valence-electron chi connectivity index (χ2n) is 3.99. The first-order valence-corrected chi connectivity index (χ1v) is 6.29. The van der Waals surface area contributed by atoms with Gasteiger partial charge < -0.3 is 5.11 Å². The number of hydrogen-bond donors (Lipinski definition) is 1. The molecule has 0 aliphatic rings. The lowest BCUT2D eigenvalue weighted by Crippen LogP contribution is -1.92. The van der Waals surface area contributed by atoms with Gasteiger partial charge in [-0.05, 0) is 23.8 Å². The molecule has 0 saturated carbocycles. The van der Waals surface area contributed by atoms with Crippen molar-refractivity contribution in [3.8, 4) is 5.75 Å². The Balaban J connectivity index is 1.98. The summed E-state index contributed by atoms with van der Waals surface area (Å²) < 4.78 is 2.63. The average molecular weight is 304 g/mol. The molecule has 4 nitrogen and oxygen atoms in total. The number of aromatic nitrogens is 3. The predicted octanol–water partition coefficient (Wildman–Crippen LogP) is 2.79. The summed E-state index contributed by atoms with van der Waals surface area (Å²) >= 11 is 3.51. The van der Waals surface area contributed by atoms with Crippen LogP contribution in [0.5, 0.6) is 5.75 Å². The minimum atomic E-state index is 0.180. The van der Waals surface area contributed by atoms with Gasteiger partial charge in [-0.1, -0.05) is 34.1 Å². The van der Waals surface area contributed by atoms with Gasteiger partial charge in [0.1, 0.15) is 5.75 Å². The van der Waals surface area contributed by atoms with Gasteiger partial charge in [-0.15, -0.1) is 0 Å². The molecule has 0 aliphatic carbocycles. The van der Waals surface area contributed by atoms with Crippen LogP contribution in [-0.2, 0) is 6.42 Å². The van der Waals surface area contributed by atoms with E-state index in [-0.39, 0.29) is 5.75 Å². The number of rotatable bonds is 2. The first kappa shape index (κ1) is 11.2. The molecule has 0 unspecified atom stereocenters. The molecule has 90 valence electrons. The van der Waals surface area contributed by atoms with Crippen molar-refractivity contribution in [1.29, 1.82) is 0 Å². The van der Waals surface area contributed by atoms with Gasteiger partial charge in [0, 0.05) is 10.9 Å². The van der Waals surface area contributed by atoms with E-state index in [2.05, 4.69) is 26.0 Å². The normalized spacial score (nSPS) is 10.9. The average Bonchev–Trinajstić information content (AvgIpc) is 2.73. The van der Waals surface area contributed by atoms with E-state index in [1.807, 2.05) is 24.3 Å². The fraction of sp³-hybridized carbons (Fsp3) is 0.0769. The van der Waals surface area contributed by atoms with Gasteiger partial charge in [0.15, 0.2) is 11.5 Å². The lowest BCUT2D eigenvalue weighted by atomic mass is 10.1. The lowest BCUT2D eigenvalue weighted by molar-refractivity contribution is 0.470. The Morgan fingerprint density at radius 3 is 2.83 bits per heavy atom. The number of nitrogens with zero attached hydrogens (tertiary/aromatic N) is 3. The first-order valence-electron chi connectivity index (χ1n) is 5.50. The third-order valence-corrected chi connectivity index (χ3v) is 3.44. The Bertz CT molecular complexity index is 708. The van der Waals surface area contributed by atoms with Crippen LogP contribution in [0.25, 0.3) is 5.65 Å². The van der Waals surface area contributed by atoms with Gasteiger partial charge in [-0.25, -0.2) is 9.50 Å². The van der Waals surface area contributed by atoms with Crippen molar-refractivity contribution in [3.63, 3.8) is 0 Å². The Kier molecular flexibility index (Phi) is 2.76. The van der Waals surface area contributed by atoms with Crippen molar-refractivity contribution in [3.05, 3.63) is 58.5 Å². The summed E-state index contributed by atoms with van der Waals surface area (Å²) in [5.41, 5.74) is 1.87. The zero-order valence-electron chi connectivity index (χ0n) is 9.42. The maximum absolute atomic E-state index is 9.38. The Morgan fingerprint density at radius 2 is 2.00 bits per heavy atom. The smallest absolute Gasteiger partial charge is 0.156 e. The highest BCUT2D eigenvalue weighted by atomic mass is 79.9. The molecule has 0 radical (unpaired) electrons. The SMILES string of the molecule is Oc1ccc2nc(Cc3ccccc3Br)nn2c1. The number of pyridine rings is 1. The van der Waals surface area contributed by atoms with E-state index >= 15 is 0 Å². The summed E-state index contributed by atoms with van der Waals surface area (Å²) in [5, 5.41) is 13.7. The van der Waals surface area contributed by atoms with E-state index in [1.165, 1.54) is 0 Å². The van der Waals surface area contributed by atoms with Gasteiger partial charge in [-0.3, -0.25) is 0 Å². The largest absolute Gasteiger partial charge is 0.506 e. The molecule has 2 heterocycles. The molecule has 0 amide bonds. The van der Waals surface area contributed by atoms with Gasteiger partial charge in [0.25, 0.3) is 0 Å². The lowest BCUT2D eigenvalue weighted by Gasteiger charge is -1.99. The highest BCUT2D eigenvalue weighted by Gasteiger charge is 2.07. The predicted molar refractivity (Wildman–Crippen MR) is 71.6 cm³/mol. The Hall–Kier alpha value is -1.88. The van der Waals surface area contributed by atoms with E-state index in [0.717, 1.165) is 21.5 Å². The summed E-state index contributed by atoms with van der Waals surface area (Å²) in [6.07, 6.45) is 2.20. The molecule has 1 N–H and O–H groups in total. The number of halogens is 1. The van der Waals surface area contributed by atoms with Crippen LogP contribution in [0.2, 0.25) is 0 Å². The third kappa shape index (κ3) is 2.09. The number of hydrogen-bond acceptors (Lipinski definition) is 3. The minimum absolute atomic E-state index is 0.180. The molecule has 0 bridgehead atoms. The number of fused-ring (bicyclic) bond motifs is 1. The van der Waals surface area contributed by atoms with E-state index in [0.29, 0.717) is 6.42 Å². The molecule has 0 spiro atoms. The van der Waals surface area contributed by atoms with E-state index in [9.17, 15) is 5.11 Å². The maximum Gasteiger partial charge on any atom is 0.156 e. The standard InChI is InChI=1S/C13H10BrN3O/c14-11-4-2-1-3-9(11)7-12-15-13-6-5-10(18)8-17(13)16-12/h1-6,8,18H,7H2. The molecule has 18 heavy (non-hydrogen) atoms. The molecular formula is C13H10BrN3O. The van der Waals surface area contributed by atoms with E-state index in [1.54, 1.807) is 22.8 Å². The first-order chi connectivity index (χ1) is 8.72. The fourth-order valence-corrected chi connectivity index (χ4v) is 2.23. The zero-order valence-corrected chi connectivity index (χ0v) is 11.0. The van der Waals surface area contributed by atoms with Crippen molar-refractivity contribution in [2.24, 2.45) is 0 Å². The van der Waals surface area contributed by atoms with Crippen LogP contribution in [0.4, 0.5) is 0 Å². The van der Waals surface area contributed by atoms with E-state index in [4.69, 9.17) is 0 Å². The van der Waals surface area contributed by atoms with Gasteiger partial charge in [-0.2, -0.15) is 5.10 Å². The van der Waals surface area contributed by atoms with Crippen LogP contribution < -0.4 is 0 Å². The minimum Gasteiger partial charge on any atom is -0.506 e. The van der Waals surface area contributed by atoms with Crippen molar-refractivity contribution in [2.45, 2.75) is 6.42 Å². The van der Waals surface area contributed by atoms with Crippen LogP contribution in [0.3, 0.4) is 0 Å². The summed E-state index contributed by atoms with van der Waals surface area (Å²) in [4.78, 5) is 4.41.